The van der Waals surface area contributed by atoms with Gasteiger partial charge in [0.15, 0.2) is 0 Å². The van der Waals surface area contributed by atoms with Gasteiger partial charge < -0.3 is 10.1 Å². The summed E-state index contributed by atoms with van der Waals surface area (Å²) in [4.78, 5) is 35.9. The minimum absolute atomic E-state index is 0.110. The van der Waals surface area contributed by atoms with Gasteiger partial charge in [-0.25, -0.2) is 4.79 Å². The lowest BCUT2D eigenvalue weighted by Gasteiger charge is -2.56. The van der Waals surface area contributed by atoms with Gasteiger partial charge in [0.1, 0.15) is 0 Å². The molecule has 0 aliphatic heterocycles. The Morgan fingerprint density at radius 1 is 1.12 bits per heavy atom. The highest BCUT2D eigenvalue weighted by molar-refractivity contribution is 8.01. The van der Waals surface area contributed by atoms with Gasteiger partial charge in [0.05, 0.1) is 17.6 Å². The van der Waals surface area contributed by atoms with E-state index in [1.165, 1.54) is 31.0 Å². The number of carbonyl (C=O) groups excluding carboxylic acids is 3. The summed E-state index contributed by atoms with van der Waals surface area (Å²) in [6.45, 7) is 3.76. The number of imide groups is 1. The lowest BCUT2D eigenvalue weighted by molar-refractivity contribution is -0.139. The van der Waals surface area contributed by atoms with Crippen molar-refractivity contribution >= 4 is 29.7 Å². The van der Waals surface area contributed by atoms with Crippen LogP contribution >= 0.6 is 11.8 Å². The smallest absolute Gasteiger partial charge is 0.321 e. The SMILES string of the molecule is CCOC(=O)CS[C@@H](C)C(=O)NC(=O)NC12CC3CC(CC(C3)C1)C2. The lowest BCUT2D eigenvalue weighted by Crippen LogP contribution is -2.62. The molecule has 4 aliphatic carbocycles. The Morgan fingerprint density at radius 2 is 1.68 bits per heavy atom. The number of rotatable bonds is 6. The molecule has 4 fully saturated rings. The Labute approximate surface area is 153 Å². The van der Waals surface area contributed by atoms with E-state index in [2.05, 4.69) is 10.6 Å². The van der Waals surface area contributed by atoms with Crippen LogP contribution in [0.15, 0.2) is 0 Å². The predicted molar refractivity (Wildman–Crippen MR) is 96.1 cm³/mol. The molecular formula is C18H28N2O4S. The number of nitrogens with one attached hydrogen (secondary N) is 2. The fraction of sp³-hybridized carbons (Fsp3) is 0.833. The number of hydrogen-bond acceptors (Lipinski definition) is 5. The molecule has 3 amide bonds. The Balaban J connectivity index is 1.46. The van der Waals surface area contributed by atoms with Crippen molar-refractivity contribution in [3.63, 3.8) is 0 Å². The molecular weight excluding hydrogens is 340 g/mol. The molecule has 7 heteroatoms. The maximum Gasteiger partial charge on any atom is 0.321 e. The molecule has 4 saturated carbocycles. The highest BCUT2D eigenvalue weighted by Crippen LogP contribution is 2.55. The Hall–Kier alpha value is -1.24. The quantitative estimate of drug-likeness (QED) is 0.704. The summed E-state index contributed by atoms with van der Waals surface area (Å²) in [5.74, 6) is 1.62. The van der Waals surface area contributed by atoms with E-state index in [1.807, 2.05) is 0 Å². The minimum Gasteiger partial charge on any atom is -0.465 e. The van der Waals surface area contributed by atoms with Gasteiger partial charge in [-0.1, -0.05) is 0 Å². The first-order valence-electron chi connectivity index (χ1n) is 9.29. The molecule has 25 heavy (non-hydrogen) atoms. The summed E-state index contributed by atoms with van der Waals surface area (Å²) in [5.41, 5.74) is -0.111. The van der Waals surface area contributed by atoms with E-state index in [-0.39, 0.29) is 23.2 Å². The zero-order valence-corrected chi connectivity index (χ0v) is 15.8. The van der Waals surface area contributed by atoms with Gasteiger partial charge in [0.2, 0.25) is 5.91 Å². The Kier molecular flexibility index (Phi) is 5.61. The van der Waals surface area contributed by atoms with E-state index in [4.69, 9.17) is 4.74 Å². The van der Waals surface area contributed by atoms with E-state index in [0.29, 0.717) is 6.61 Å². The third-order valence-electron chi connectivity index (χ3n) is 5.78. The van der Waals surface area contributed by atoms with E-state index in [0.717, 1.165) is 37.0 Å². The highest BCUT2D eigenvalue weighted by Gasteiger charge is 2.51. The fourth-order valence-electron chi connectivity index (χ4n) is 5.22. The summed E-state index contributed by atoms with van der Waals surface area (Å²) >= 11 is 1.18. The molecule has 0 unspecified atom stereocenters. The highest BCUT2D eigenvalue weighted by atomic mass is 32.2. The summed E-state index contributed by atoms with van der Waals surface area (Å²) in [6, 6.07) is -0.393. The molecule has 4 rings (SSSR count). The van der Waals surface area contributed by atoms with Crippen molar-refractivity contribution in [1.82, 2.24) is 10.6 Å². The number of carbonyl (C=O) groups is 3. The van der Waals surface area contributed by atoms with Gasteiger partial charge in [0, 0.05) is 5.54 Å². The van der Waals surface area contributed by atoms with Crippen LogP contribution in [0.4, 0.5) is 4.79 Å². The van der Waals surface area contributed by atoms with Crippen molar-refractivity contribution in [2.45, 2.75) is 63.2 Å². The second kappa shape index (κ2) is 7.56. The molecule has 0 aromatic rings. The van der Waals surface area contributed by atoms with Crippen molar-refractivity contribution in [3.8, 4) is 0 Å². The molecule has 0 saturated heterocycles. The molecule has 0 aromatic carbocycles. The minimum atomic E-state index is -0.480. The number of thioether (sulfide) groups is 1. The standard InChI is InChI=1S/C18H28N2O4S/c1-3-24-15(21)10-25-11(2)16(22)19-17(23)20-18-7-12-4-13(8-18)6-14(5-12)9-18/h11-14H,3-10H2,1-2H3,(H2,19,20,22,23)/t11-,12?,13?,14?,18?/m0/s1. The van der Waals surface area contributed by atoms with Crippen LogP contribution in [0.25, 0.3) is 0 Å². The van der Waals surface area contributed by atoms with Gasteiger partial charge in [0.25, 0.3) is 0 Å². The molecule has 4 bridgehead atoms. The van der Waals surface area contributed by atoms with Crippen LogP contribution in [-0.4, -0.2) is 41.1 Å². The average Bonchev–Trinajstić information content (AvgIpc) is 2.50. The van der Waals surface area contributed by atoms with Crippen molar-refractivity contribution in [2.24, 2.45) is 17.8 Å². The third-order valence-corrected chi connectivity index (χ3v) is 6.90. The molecule has 2 N–H and O–H groups in total. The van der Waals surface area contributed by atoms with Crippen LogP contribution in [0, 0.1) is 17.8 Å². The summed E-state index contributed by atoms with van der Waals surface area (Å²) in [7, 11) is 0. The number of amides is 3. The predicted octanol–water partition coefficient (Wildman–Crippen LogP) is 2.47. The number of esters is 1. The number of ether oxygens (including phenoxy) is 1. The molecule has 0 radical (unpaired) electrons. The molecule has 140 valence electrons. The molecule has 0 spiro atoms. The van der Waals surface area contributed by atoms with E-state index >= 15 is 0 Å². The van der Waals surface area contributed by atoms with Crippen molar-refractivity contribution in [2.75, 3.05) is 12.4 Å². The monoisotopic (exact) mass is 368 g/mol. The number of hydrogen-bond donors (Lipinski definition) is 2. The Bertz CT molecular complexity index is 516. The largest absolute Gasteiger partial charge is 0.465 e. The molecule has 6 nitrogen and oxygen atoms in total. The first-order chi connectivity index (χ1) is 11.9. The van der Waals surface area contributed by atoms with Crippen LogP contribution in [0.1, 0.15) is 52.4 Å². The summed E-state index contributed by atoms with van der Waals surface area (Å²) < 4.78 is 4.84. The molecule has 4 aliphatic rings. The molecule has 0 aromatic heterocycles. The van der Waals surface area contributed by atoms with E-state index < -0.39 is 11.3 Å². The Morgan fingerprint density at radius 3 is 2.20 bits per heavy atom. The van der Waals surface area contributed by atoms with Gasteiger partial charge in [-0.05, 0) is 70.1 Å². The zero-order chi connectivity index (χ0) is 18.0. The van der Waals surface area contributed by atoms with Gasteiger partial charge in [-0.3, -0.25) is 14.9 Å². The third kappa shape index (κ3) is 4.49. The van der Waals surface area contributed by atoms with E-state index in [9.17, 15) is 14.4 Å². The second-order valence-electron chi connectivity index (χ2n) is 7.90. The summed E-state index contributed by atoms with van der Waals surface area (Å²) in [5, 5.41) is 5.09. The van der Waals surface area contributed by atoms with Crippen LogP contribution in [0.5, 0.6) is 0 Å². The molecule has 0 heterocycles. The molecule has 1 atom stereocenters. The average molecular weight is 368 g/mol. The number of urea groups is 1. The lowest BCUT2D eigenvalue weighted by atomic mass is 9.53. The fourth-order valence-corrected chi connectivity index (χ4v) is 5.90. The van der Waals surface area contributed by atoms with Crippen molar-refractivity contribution in [3.05, 3.63) is 0 Å². The van der Waals surface area contributed by atoms with Crippen LogP contribution in [-0.2, 0) is 14.3 Å². The van der Waals surface area contributed by atoms with Gasteiger partial charge in [-0.2, -0.15) is 0 Å². The van der Waals surface area contributed by atoms with Gasteiger partial charge in [-0.15, -0.1) is 11.8 Å². The normalized spacial score (nSPS) is 33.6. The van der Waals surface area contributed by atoms with Crippen LogP contribution in [0.2, 0.25) is 0 Å². The summed E-state index contributed by atoms with van der Waals surface area (Å²) in [6.07, 6.45) is 7.07. The first-order valence-corrected chi connectivity index (χ1v) is 10.3. The van der Waals surface area contributed by atoms with Crippen molar-refractivity contribution in [1.29, 1.82) is 0 Å². The van der Waals surface area contributed by atoms with Crippen LogP contribution in [0.3, 0.4) is 0 Å². The zero-order valence-electron chi connectivity index (χ0n) is 15.0. The first kappa shape index (κ1) is 18.5. The topological polar surface area (TPSA) is 84.5 Å². The maximum absolute atomic E-state index is 12.3. The van der Waals surface area contributed by atoms with Crippen molar-refractivity contribution < 1.29 is 19.1 Å². The van der Waals surface area contributed by atoms with Gasteiger partial charge >= 0.3 is 12.0 Å². The van der Waals surface area contributed by atoms with Crippen LogP contribution < -0.4 is 10.6 Å². The maximum atomic E-state index is 12.3. The second-order valence-corrected chi connectivity index (χ2v) is 9.23. The van der Waals surface area contributed by atoms with E-state index in [1.54, 1.807) is 13.8 Å².